The molecule has 2 nitrogen and oxygen atoms in total. The van der Waals surface area contributed by atoms with Crippen molar-refractivity contribution in [3.63, 3.8) is 0 Å². The molecule has 3 aromatic rings. The van der Waals surface area contributed by atoms with Gasteiger partial charge in [-0.3, -0.25) is 0 Å². The molecule has 0 fully saturated rings. The van der Waals surface area contributed by atoms with Gasteiger partial charge in [0, 0.05) is 5.69 Å². The molecule has 21 heavy (non-hydrogen) atoms. The Hall–Kier alpha value is -1.87. The van der Waals surface area contributed by atoms with Crippen LogP contribution in [0.2, 0.25) is 0 Å². The number of hydrogen-bond acceptors (Lipinski definition) is 3. The maximum Gasteiger partial charge on any atom is 0.116 e. The minimum atomic E-state index is 0.238. The maximum atomic E-state index is 4.74. The highest BCUT2D eigenvalue weighted by molar-refractivity contribution is 7.18. The first-order chi connectivity index (χ1) is 10.3. The van der Waals surface area contributed by atoms with Gasteiger partial charge in [0.05, 0.1) is 16.3 Å². The van der Waals surface area contributed by atoms with E-state index in [1.165, 1.54) is 40.8 Å². The lowest BCUT2D eigenvalue weighted by Gasteiger charge is -2.13. The highest BCUT2D eigenvalue weighted by Crippen LogP contribution is 2.30. The van der Waals surface area contributed by atoms with Crippen molar-refractivity contribution >= 4 is 27.2 Å². The first-order valence-corrected chi connectivity index (χ1v) is 8.35. The third-order valence-corrected chi connectivity index (χ3v) is 5.38. The van der Waals surface area contributed by atoms with Gasteiger partial charge in [0.15, 0.2) is 0 Å². The summed E-state index contributed by atoms with van der Waals surface area (Å²) in [6, 6.07) is 15.4. The van der Waals surface area contributed by atoms with E-state index in [4.69, 9.17) is 4.98 Å². The molecule has 0 saturated carbocycles. The number of aromatic nitrogens is 1. The molecule has 0 amide bonds. The SMILES string of the molecule is CC(Nc1ccc2c(c1)CCC2)c1nc2ccccc2s1. The number of para-hydroxylation sites is 1. The third-order valence-electron chi connectivity index (χ3n) is 4.16. The van der Waals surface area contributed by atoms with E-state index in [-0.39, 0.29) is 6.04 Å². The van der Waals surface area contributed by atoms with Crippen LogP contribution in [0.25, 0.3) is 10.2 Å². The molecule has 1 aliphatic rings. The summed E-state index contributed by atoms with van der Waals surface area (Å²) in [5.74, 6) is 0. The molecule has 1 aromatic heterocycles. The molecule has 1 atom stereocenters. The van der Waals surface area contributed by atoms with E-state index in [2.05, 4.69) is 48.6 Å². The molecule has 3 heteroatoms. The molecule has 1 aliphatic carbocycles. The van der Waals surface area contributed by atoms with Crippen LogP contribution in [0, 0.1) is 0 Å². The molecular formula is C18H18N2S. The standard InChI is InChI=1S/C18H18N2S/c1-12(18-20-16-7-2-3-8-17(16)21-18)19-15-10-9-13-5-4-6-14(13)11-15/h2-3,7-12,19H,4-6H2,1H3. The summed E-state index contributed by atoms with van der Waals surface area (Å²) >= 11 is 1.78. The number of fused-ring (bicyclic) bond motifs is 2. The van der Waals surface area contributed by atoms with Crippen LogP contribution in [0.3, 0.4) is 0 Å². The van der Waals surface area contributed by atoms with Crippen LogP contribution in [0.15, 0.2) is 42.5 Å². The number of rotatable bonds is 3. The second-order valence-corrected chi connectivity index (χ2v) is 6.79. The van der Waals surface area contributed by atoms with Crippen molar-refractivity contribution in [2.24, 2.45) is 0 Å². The van der Waals surface area contributed by atoms with Crippen LogP contribution in [0.4, 0.5) is 5.69 Å². The minimum Gasteiger partial charge on any atom is -0.376 e. The van der Waals surface area contributed by atoms with Gasteiger partial charge in [0.25, 0.3) is 0 Å². The summed E-state index contributed by atoms with van der Waals surface area (Å²) < 4.78 is 1.26. The average molecular weight is 294 g/mol. The third kappa shape index (κ3) is 2.42. The van der Waals surface area contributed by atoms with Crippen molar-refractivity contribution in [3.05, 3.63) is 58.6 Å². The monoisotopic (exact) mass is 294 g/mol. The normalized spacial score (nSPS) is 15.1. The van der Waals surface area contributed by atoms with Gasteiger partial charge in [-0.25, -0.2) is 4.98 Å². The van der Waals surface area contributed by atoms with Gasteiger partial charge >= 0.3 is 0 Å². The number of nitrogens with zero attached hydrogens (tertiary/aromatic N) is 1. The number of anilines is 1. The smallest absolute Gasteiger partial charge is 0.116 e. The Balaban J connectivity index is 1.58. The quantitative estimate of drug-likeness (QED) is 0.738. The van der Waals surface area contributed by atoms with Crippen molar-refractivity contribution < 1.29 is 0 Å². The minimum absolute atomic E-state index is 0.238. The predicted molar refractivity (Wildman–Crippen MR) is 90.1 cm³/mol. The average Bonchev–Trinajstić information content (AvgIpc) is 3.13. The fourth-order valence-corrected chi connectivity index (χ4v) is 4.02. The van der Waals surface area contributed by atoms with Crippen LogP contribution in [0.1, 0.15) is 35.5 Å². The fourth-order valence-electron chi connectivity index (χ4n) is 3.05. The van der Waals surface area contributed by atoms with Gasteiger partial charge in [0.2, 0.25) is 0 Å². The first-order valence-electron chi connectivity index (χ1n) is 7.53. The van der Waals surface area contributed by atoms with Crippen LogP contribution < -0.4 is 5.32 Å². The molecule has 0 bridgehead atoms. The number of thiazole rings is 1. The van der Waals surface area contributed by atoms with Crippen LogP contribution in [0.5, 0.6) is 0 Å². The fraction of sp³-hybridized carbons (Fsp3) is 0.278. The van der Waals surface area contributed by atoms with Gasteiger partial charge in [0.1, 0.15) is 5.01 Å². The topological polar surface area (TPSA) is 24.9 Å². The van der Waals surface area contributed by atoms with E-state index in [1.807, 2.05) is 6.07 Å². The van der Waals surface area contributed by atoms with Gasteiger partial charge in [-0.2, -0.15) is 0 Å². The Morgan fingerprint density at radius 3 is 2.86 bits per heavy atom. The van der Waals surface area contributed by atoms with Gasteiger partial charge < -0.3 is 5.32 Å². The largest absolute Gasteiger partial charge is 0.376 e. The van der Waals surface area contributed by atoms with Crippen molar-refractivity contribution in [2.75, 3.05) is 5.32 Å². The van der Waals surface area contributed by atoms with Gasteiger partial charge in [-0.1, -0.05) is 18.2 Å². The molecule has 0 saturated heterocycles. The van der Waals surface area contributed by atoms with Crippen LogP contribution in [-0.4, -0.2) is 4.98 Å². The zero-order chi connectivity index (χ0) is 14.2. The number of benzene rings is 2. The Labute approximate surface area is 128 Å². The Morgan fingerprint density at radius 2 is 1.95 bits per heavy atom. The zero-order valence-corrected chi connectivity index (χ0v) is 12.9. The predicted octanol–water partition coefficient (Wildman–Crippen LogP) is 4.96. The molecule has 0 spiro atoms. The molecule has 1 heterocycles. The van der Waals surface area contributed by atoms with E-state index >= 15 is 0 Å². The van der Waals surface area contributed by atoms with E-state index in [1.54, 1.807) is 11.3 Å². The van der Waals surface area contributed by atoms with Gasteiger partial charge in [-0.15, -0.1) is 11.3 Å². The highest BCUT2D eigenvalue weighted by atomic mass is 32.1. The Morgan fingerprint density at radius 1 is 1.10 bits per heavy atom. The van der Waals surface area contributed by atoms with E-state index in [0.717, 1.165) is 10.5 Å². The van der Waals surface area contributed by atoms with E-state index in [9.17, 15) is 0 Å². The Kier molecular flexibility index (Phi) is 3.15. The van der Waals surface area contributed by atoms with E-state index < -0.39 is 0 Å². The van der Waals surface area contributed by atoms with Crippen molar-refractivity contribution in [1.82, 2.24) is 4.98 Å². The number of hydrogen-bond donors (Lipinski definition) is 1. The molecule has 1 N–H and O–H groups in total. The second kappa shape index (κ2) is 5.15. The molecule has 106 valence electrons. The number of aryl methyl sites for hydroxylation is 2. The highest BCUT2D eigenvalue weighted by Gasteiger charge is 2.14. The number of nitrogens with one attached hydrogen (secondary N) is 1. The van der Waals surface area contributed by atoms with Crippen LogP contribution >= 0.6 is 11.3 Å². The summed E-state index contributed by atoms with van der Waals surface area (Å²) in [5, 5.41) is 4.75. The lowest BCUT2D eigenvalue weighted by atomic mass is 10.1. The van der Waals surface area contributed by atoms with Crippen molar-refractivity contribution in [1.29, 1.82) is 0 Å². The molecule has 0 aliphatic heterocycles. The van der Waals surface area contributed by atoms with E-state index in [0.29, 0.717) is 0 Å². The lowest BCUT2D eigenvalue weighted by molar-refractivity contribution is 0.873. The summed E-state index contributed by atoms with van der Waals surface area (Å²) in [5.41, 5.74) is 5.34. The maximum absolute atomic E-state index is 4.74. The first kappa shape index (κ1) is 12.8. The van der Waals surface area contributed by atoms with Crippen molar-refractivity contribution in [3.8, 4) is 0 Å². The lowest BCUT2D eigenvalue weighted by Crippen LogP contribution is -2.06. The van der Waals surface area contributed by atoms with Crippen molar-refractivity contribution in [2.45, 2.75) is 32.2 Å². The molecule has 4 rings (SSSR count). The molecule has 1 unspecified atom stereocenters. The summed E-state index contributed by atoms with van der Waals surface area (Å²) in [4.78, 5) is 4.74. The second-order valence-electron chi connectivity index (χ2n) is 5.72. The summed E-state index contributed by atoms with van der Waals surface area (Å²) in [7, 11) is 0. The summed E-state index contributed by atoms with van der Waals surface area (Å²) in [6.07, 6.45) is 3.76. The van der Waals surface area contributed by atoms with Gasteiger partial charge in [-0.05, 0) is 61.6 Å². The Bertz CT molecular complexity index is 758. The van der Waals surface area contributed by atoms with Crippen LogP contribution in [-0.2, 0) is 12.8 Å². The summed E-state index contributed by atoms with van der Waals surface area (Å²) in [6.45, 7) is 2.19. The molecule has 2 aromatic carbocycles. The molecular weight excluding hydrogens is 276 g/mol. The molecule has 0 radical (unpaired) electrons. The zero-order valence-electron chi connectivity index (χ0n) is 12.1.